The molecule has 0 aromatic carbocycles. The van der Waals surface area contributed by atoms with Crippen molar-refractivity contribution in [1.82, 2.24) is 0 Å². The first-order chi connectivity index (χ1) is 6.42. The number of allylic oxidation sites excluding steroid dienone is 6. The molecular weight excluding hydrogens is 273 g/mol. The SMILES string of the molecule is I/N=C/C1=CCCC2=C1CCC=C2. The fourth-order valence-electron chi connectivity index (χ4n) is 1.97. The molecule has 0 unspecified atom stereocenters. The minimum Gasteiger partial charge on any atom is -0.223 e. The van der Waals surface area contributed by atoms with Crippen molar-refractivity contribution in [2.75, 3.05) is 0 Å². The van der Waals surface area contributed by atoms with Gasteiger partial charge >= 0.3 is 0 Å². The first-order valence-electron chi connectivity index (χ1n) is 4.65. The van der Waals surface area contributed by atoms with Crippen molar-refractivity contribution in [3.63, 3.8) is 0 Å². The van der Waals surface area contributed by atoms with Crippen molar-refractivity contribution in [2.45, 2.75) is 25.7 Å². The van der Waals surface area contributed by atoms with E-state index in [0.29, 0.717) is 0 Å². The third-order valence-electron chi connectivity index (χ3n) is 2.58. The smallest absolute Gasteiger partial charge is 0.0831 e. The molecule has 0 saturated carbocycles. The van der Waals surface area contributed by atoms with E-state index in [0.717, 1.165) is 0 Å². The number of rotatable bonds is 1. The summed E-state index contributed by atoms with van der Waals surface area (Å²) < 4.78 is 4.07. The Morgan fingerprint density at radius 1 is 1.31 bits per heavy atom. The highest BCUT2D eigenvalue weighted by molar-refractivity contribution is 14.1. The van der Waals surface area contributed by atoms with E-state index in [9.17, 15) is 0 Å². The summed E-state index contributed by atoms with van der Waals surface area (Å²) in [5.41, 5.74) is 4.40. The summed E-state index contributed by atoms with van der Waals surface area (Å²) in [6, 6.07) is 0. The topological polar surface area (TPSA) is 12.4 Å². The molecule has 0 aliphatic heterocycles. The zero-order valence-electron chi connectivity index (χ0n) is 7.46. The summed E-state index contributed by atoms with van der Waals surface area (Å²) in [4.78, 5) is 0. The Hall–Kier alpha value is -0.380. The summed E-state index contributed by atoms with van der Waals surface area (Å²) in [5, 5.41) is 0. The second kappa shape index (κ2) is 4.22. The van der Waals surface area contributed by atoms with E-state index < -0.39 is 0 Å². The highest BCUT2D eigenvalue weighted by Crippen LogP contribution is 2.31. The molecule has 2 heteroatoms. The third kappa shape index (κ3) is 1.93. The molecule has 0 bridgehead atoms. The second-order valence-electron chi connectivity index (χ2n) is 3.37. The highest BCUT2D eigenvalue weighted by Gasteiger charge is 2.14. The van der Waals surface area contributed by atoms with Crippen LogP contribution in [0, 0.1) is 0 Å². The van der Waals surface area contributed by atoms with Crippen LogP contribution in [-0.2, 0) is 0 Å². The van der Waals surface area contributed by atoms with Gasteiger partial charge in [0.05, 0.1) is 22.9 Å². The zero-order chi connectivity index (χ0) is 9.10. The number of nitrogens with zero attached hydrogens (tertiary/aromatic N) is 1. The molecule has 0 radical (unpaired) electrons. The molecule has 0 saturated heterocycles. The molecule has 0 heterocycles. The van der Waals surface area contributed by atoms with Gasteiger partial charge in [-0.2, -0.15) is 0 Å². The lowest BCUT2D eigenvalue weighted by Crippen LogP contribution is -2.03. The lowest BCUT2D eigenvalue weighted by Gasteiger charge is -2.20. The van der Waals surface area contributed by atoms with Gasteiger partial charge in [0.15, 0.2) is 0 Å². The van der Waals surface area contributed by atoms with Crippen LogP contribution in [0.25, 0.3) is 0 Å². The maximum absolute atomic E-state index is 4.07. The first kappa shape index (κ1) is 9.19. The molecule has 2 aliphatic carbocycles. The molecule has 0 aromatic heterocycles. The Morgan fingerprint density at radius 3 is 3.08 bits per heavy atom. The average molecular weight is 285 g/mol. The lowest BCUT2D eigenvalue weighted by atomic mass is 9.85. The Kier molecular flexibility index (Phi) is 2.98. The normalized spacial score (nSPS) is 22.1. The van der Waals surface area contributed by atoms with Crippen LogP contribution in [-0.4, -0.2) is 6.21 Å². The molecule has 68 valence electrons. The van der Waals surface area contributed by atoms with Gasteiger partial charge < -0.3 is 0 Å². The van der Waals surface area contributed by atoms with Crippen LogP contribution >= 0.6 is 22.9 Å². The van der Waals surface area contributed by atoms with E-state index in [2.05, 4.69) is 21.4 Å². The Balaban J connectivity index is 2.33. The predicted molar refractivity (Wildman–Crippen MR) is 65.2 cm³/mol. The van der Waals surface area contributed by atoms with E-state index in [1.807, 2.05) is 29.1 Å². The molecule has 0 atom stereocenters. The van der Waals surface area contributed by atoms with Crippen LogP contribution in [0.15, 0.2) is 38.2 Å². The van der Waals surface area contributed by atoms with Gasteiger partial charge in [-0.25, -0.2) is 3.21 Å². The monoisotopic (exact) mass is 285 g/mol. The molecule has 2 aliphatic rings. The van der Waals surface area contributed by atoms with E-state index >= 15 is 0 Å². The summed E-state index contributed by atoms with van der Waals surface area (Å²) in [7, 11) is 0. The van der Waals surface area contributed by atoms with Crippen molar-refractivity contribution < 1.29 is 0 Å². The molecule has 0 aromatic rings. The van der Waals surface area contributed by atoms with Crippen LogP contribution in [0.3, 0.4) is 0 Å². The molecule has 0 N–H and O–H groups in total. The zero-order valence-corrected chi connectivity index (χ0v) is 9.62. The molecule has 0 amide bonds. The Bertz CT molecular complexity index is 321. The number of halogens is 1. The Labute approximate surface area is 92.8 Å². The molecule has 2 rings (SSSR count). The van der Waals surface area contributed by atoms with Crippen molar-refractivity contribution >= 4 is 29.1 Å². The van der Waals surface area contributed by atoms with Crippen LogP contribution in [0.4, 0.5) is 0 Å². The van der Waals surface area contributed by atoms with Crippen molar-refractivity contribution in [3.8, 4) is 0 Å². The van der Waals surface area contributed by atoms with Crippen LogP contribution < -0.4 is 0 Å². The van der Waals surface area contributed by atoms with Crippen molar-refractivity contribution in [1.29, 1.82) is 0 Å². The van der Waals surface area contributed by atoms with Gasteiger partial charge in [0.2, 0.25) is 0 Å². The minimum atomic E-state index is 1.17. The first-order valence-corrected chi connectivity index (χ1v) is 5.62. The largest absolute Gasteiger partial charge is 0.223 e. The molecule has 1 nitrogen and oxygen atoms in total. The van der Waals surface area contributed by atoms with E-state index in [-0.39, 0.29) is 0 Å². The quantitative estimate of drug-likeness (QED) is 0.513. The molecule has 0 fully saturated rings. The number of hydrogen-bond acceptors (Lipinski definition) is 1. The third-order valence-corrected chi connectivity index (χ3v) is 2.86. The van der Waals surface area contributed by atoms with E-state index in [1.165, 1.54) is 42.4 Å². The number of hydrogen-bond donors (Lipinski definition) is 0. The second-order valence-corrected chi connectivity index (χ2v) is 3.93. The van der Waals surface area contributed by atoms with Crippen LogP contribution in [0.5, 0.6) is 0 Å². The average Bonchev–Trinajstić information content (AvgIpc) is 2.19. The fraction of sp³-hybridized carbons (Fsp3) is 0.364. The maximum Gasteiger partial charge on any atom is 0.0831 e. The summed E-state index contributed by atoms with van der Waals surface area (Å²) in [6.45, 7) is 0. The van der Waals surface area contributed by atoms with E-state index in [4.69, 9.17) is 0 Å². The van der Waals surface area contributed by atoms with Crippen LogP contribution in [0.1, 0.15) is 25.7 Å². The van der Waals surface area contributed by atoms with Crippen molar-refractivity contribution in [3.05, 3.63) is 34.9 Å². The van der Waals surface area contributed by atoms with Gasteiger partial charge in [0.25, 0.3) is 0 Å². The van der Waals surface area contributed by atoms with Gasteiger partial charge in [-0.1, -0.05) is 18.2 Å². The summed E-state index contributed by atoms with van der Waals surface area (Å²) >= 11 is 2.04. The fourth-order valence-corrected chi connectivity index (χ4v) is 2.27. The van der Waals surface area contributed by atoms with Crippen molar-refractivity contribution in [2.24, 2.45) is 3.21 Å². The maximum atomic E-state index is 4.07. The predicted octanol–water partition coefficient (Wildman–Crippen LogP) is 3.77. The van der Waals surface area contributed by atoms with Gasteiger partial charge in [-0.3, -0.25) is 0 Å². The Morgan fingerprint density at radius 2 is 2.23 bits per heavy atom. The molecular formula is C11H12IN. The van der Waals surface area contributed by atoms with Gasteiger partial charge in [-0.15, -0.1) is 0 Å². The van der Waals surface area contributed by atoms with E-state index in [1.54, 1.807) is 0 Å². The van der Waals surface area contributed by atoms with Gasteiger partial charge in [-0.05, 0) is 42.4 Å². The molecule has 0 spiro atoms. The highest BCUT2D eigenvalue weighted by atomic mass is 127. The summed E-state index contributed by atoms with van der Waals surface area (Å²) in [5.74, 6) is 0. The summed E-state index contributed by atoms with van der Waals surface area (Å²) in [6.07, 6.45) is 13.6. The molecule has 13 heavy (non-hydrogen) atoms. The standard InChI is InChI=1S/C11H12IN/c12-13-8-10-6-3-5-9-4-1-2-7-11(9)10/h1,4,6,8H,2-3,5,7H2/b13-8+. The lowest BCUT2D eigenvalue weighted by molar-refractivity contribution is 0.876. The minimum absolute atomic E-state index is 1.17. The van der Waals surface area contributed by atoms with Gasteiger partial charge in [0.1, 0.15) is 0 Å². The van der Waals surface area contributed by atoms with Crippen LogP contribution in [0.2, 0.25) is 0 Å². The van der Waals surface area contributed by atoms with Gasteiger partial charge in [0, 0.05) is 6.21 Å².